The van der Waals surface area contributed by atoms with Crippen molar-refractivity contribution in [2.24, 2.45) is 5.92 Å². The molecular weight excluding hydrogens is 202 g/mol. The molecule has 1 saturated carbocycles. The van der Waals surface area contributed by atoms with Crippen molar-refractivity contribution in [2.75, 3.05) is 19.8 Å². The molecule has 0 radical (unpaired) electrons. The molecule has 2 unspecified atom stereocenters. The number of hydrogen-bond donors (Lipinski definition) is 2. The van der Waals surface area contributed by atoms with Crippen molar-refractivity contribution in [2.45, 2.75) is 57.0 Å². The summed E-state index contributed by atoms with van der Waals surface area (Å²) in [5, 5.41) is 13.1. The Bertz CT molecular complexity index is 208. The Balaban J connectivity index is 1.91. The van der Waals surface area contributed by atoms with Crippen molar-refractivity contribution < 1.29 is 9.84 Å². The fraction of sp³-hybridized carbons (Fsp3) is 1.00. The van der Waals surface area contributed by atoms with Crippen LogP contribution < -0.4 is 5.32 Å². The van der Waals surface area contributed by atoms with Crippen LogP contribution >= 0.6 is 0 Å². The Morgan fingerprint density at radius 3 is 2.62 bits per heavy atom. The van der Waals surface area contributed by atoms with E-state index in [1.807, 2.05) is 0 Å². The minimum Gasteiger partial charge on any atom is -0.396 e. The Labute approximate surface area is 98.6 Å². The van der Waals surface area contributed by atoms with Crippen molar-refractivity contribution in [3.05, 3.63) is 0 Å². The van der Waals surface area contributed by atoms with Crippen molar-refractivity contribution >= 4 is 0 Å². The number of aliphatic hydroxyl groups is 1. The summed E-state index contributed by atoms with van der Waals surface area (Å²) in [4.78, 5) is 0. The summed E-state index contributed by atoms with van der Waals surface area (Å²) in [5.74, 6) is 0.864. The van der Waals surface area contributed by atoms with E-state index in [1.165, 1.54) is 19.3 Å². The Kier molecular flexibility index (Phi) is 4.22. The average molecular weight is 227 g/mol. The van der Waals surface area contributed by atoms with E-state index in [0.29, 0.717) is 6.04 Å². The van der Waals surface area contributed by atoms with Crippen LogP contribution in [0, 0.1) is 5.92 Å². The van der Waals surface area contributed by atoms with E-state index >= 15 is 0 Å². The van der Waals surface area contributed by atoms with Gasteiger partial charge in [0.2, 0.25) is 0 Å². The van der Waals surface area contributed by atoms with Crippen LogP contribution in [0.15, 0.2) is 0 Å². The first-order valence-corrected chi connectivity index (χ1v) is 6.70. The van der Waals surface area contributed by atoms with Crippen LogP contribution in [-0.4, -0.2) is 36.5 Å². The van der Waals surface area contributed by atoms with E-state index in [9.17, 15) is 5.11 Å². The van der Waals surface area contributed by atoms with E-state index in [1.54, 1.807) is 0 Å². The first-order chi connectivity index (χ1) is 7.74. The molecule has 0 spiro atoms. The normalized spacial score (nSPS) is 34.1. The molecule has 1 saturated heterocycles. The summed E-state index contributed by atoms with van der Waals surface area (Å²) < 4.78 is 5.44. The summed E-state index contributed by atoms with van der Waals surface area (Å²) in [6.45, 7) is 4.31. The predicted molar refractivity (Wildman–Crippen MR) is 64.4 cm³/mol. The smallest absolute Gasteiger partial charge is 0.0483 e. The van der Waals surface area contributed by atoms with Gasteiger partial charge in [0.05, 0.1) is 0 Å². The van der Waals surface area contributed by atoms with Crippen molar-refractivity contribution in [3.63, 3.8) is 0 Å². The SMILES string of the molecule is CC1CCC(NC2(CCO)CCOCC2)C1. The molecule has 3 nitrogen and oxygen atoms in total. The van der Waals surface area contributed by atoms with Crippen LogP contribution in [0.5, 0.6) is 0 Å². The van der Waals surface area contributed by atoms with Crippen molar-refractivity contribution in [1.29, 1.82) is 0 Å². The molecule has 2 atom stereocenters. The molecule has 2 N–H and O–H groups in total. The first-order valence-electron chi connectivity index (χ1n) is 6.70. The monoisotopic (exact) mass is 227 g/mol. The summed E-state index contributed by atoms with van der Waals surface area (Å²) in [6, 6.07) is 0.666. The van der Waals surface area contributed by atoms with Gasteiger partial charge in [-0.1, -0.05) is 6.92 Å². The molecule has 2 aliphatic rings. The molecule has 0 bridgehead atoms. The lowest BCUT2D eigenvalue weighted by molar-refractivity contribution is 0.0225. The van der Waals surface area contributed by atoms with Gasteiger partial charge in [-0.15, -0.1) is 0 Å². The maximum absolute atomic E-state index is 9.23. The van der Waals surface area contributed by atoms with Crippen molar-refractivity contribution in [1.82, 2.24) is 5.32 Å². The zero-order valence-electron chi connectivity index (χ0n) is 10.4. The van der Waals surface area contributed by atoms with Gasteiger partial charge in [-0.05, 0) is 44.4 Å². The maximum atomic E-state index is 9.23. The van der Waals surface area contributed by atoms with Crippen LogP contribution in [0.1, 0.15) is 45.4 Å². The van der Waals surface area contributed by atoms with Gasteiger partial charge >= 0.3 is 0 Å². The molecule has 2 rings (SSSR count). The molecule has 1 heterocycles. The molecule has 1 aliphatic carbocycles. The summed E-state index contributed by atoms with van der Waals surface area (Å²) >= 11 is 0. The zero-order valence-corrected chi connectivity index (χ0v) is 10.4. The van der Waals surface area contributed by atoms with Gasteiger partial charge in [-0.3, -0.25) is 0 Å². The molecule has 0 amide bonds. The third-order valence-electron chi connectivity index (χ3n) is 4.25. The lowest BCUT2D eigenvalue weighted by Gasteiger charge is -2.40. The largest absolute Gasteiger partial charge is 0.396 e. The van der Waals surface area contributed by atoms with Crippen LogP contribution in [0.25, 0.3) is 0 Å². The zero-order chi connectivity index (χ0) is 11.4. The standard InChI is InChI=1S/C13H25NO2/c1-11-2-3-12(10-11)14-13(4-7-15)5-8-16-9-6-13/h11-12,14-15H,2-10H2,1H3. The van der Waals surface area contributed by atoms with Gasteiger partial charge in [-0.25, -0.2) is 0 Å². The van der Waals surface area contributed by atoms with Crippen LogP contribution in [0.4, 0.5) is 0 Å². The fourth-order valence-electron chi connectivity index (χ4n) is 3.21. The quantitative estimate of drug-likeness (QED) is 0.768. The van der Waals surface area contributed by atoms with Crippen molar-refractivity contribution in [3.8, 4) is 0 Å². The third kappa shape index (κ3) is 2.96. The van der Waals surface area contributed by atoms with E-state index in [0.717, 1.165) is 38.4 Å². The van der Waals surface area contributed by atoms with E-state index in [2.05, 4.69) is 12.2 Å². The molecule has 2 fully saturated rings. The first kappa shape index (κ1) is 12.3. The molecule has 0 aromatic heterocycles. The molecule has 1 aliphatic heterocycles. The van der Waals surface area contributed by atoms with Gasteiger partial charge in [0.15, 0.2) is 0 Å². The lowest BCUT2D eigenvalue weighted by Crippen LogP contribution is -2.53. The van der Waals surface area contributed by atoms with E-state index in [-0.39, 0.29) is 12.1 Å². The number of rotatable bonds is 4. The van der Waals surface area contributed by atoms with Gasteiger partial charge in [0, 0.05) is 31.4 Å². The minimum atomic E-state index is 0.154. The lowest BCUT2D eigenvalue weighted by atomic mass is 9.85. The highest BCUT2D eigenvalue weighted by Gasteiger charge is 2.35. The second-order valence-electron chi connectivity index (χ2n) is 5.63. The summed E-state index contributed by atoms with van der Waals surface area (Å²) in [7, 11) is 0. The van der Waals surface area contributed by atoms with Crippen LogP contribution in [0.2, 0.25) is 0 Å². The number of nitrogens with one attached hydrogen (secondary N) is 1. The summed E-state index contributed by atoms with van der Waals surface area (Å²) in [5.41, 5.74) is 0.154. The van der Waals surface area contributed by atoms with Crippen LogP contribution in [0.3, 0.4) is 0 Å². The van der Waals surface area contributed by atoms with E-state index < -0.39 is 0 Å². The Hall–Kier alpha value is -0.120. The van der Waals surface area contributed by atoms with Gasteiger partial charge < -0.3 is 15.2 Å². The second-order valence-corrected chi connectivity index (χ2v) is 5.63. The minimum absolute atomic E-state index is 0.154. The topological polar surface area (TPSA) is 41.5 Å². The molecule has 94 valence electrons. The van der Waals surface area contributed by atoms with Gasteiger partial charge in [0.25, 0.3) is 0 Å². The van der Waals surface area contributed by atoms with E-state index in [4.69, 9.17) is 4.74 Å². The number of aliphatic hydroxyl groups excluding tert-OH is 1. The molecule has 0 aromatic carbocycles. The Morgan fingerprint density at radius 2 is 2.06 bits per heavy atom. The number of hydrogen-bond acceptors (Lipinski definition) is 3. The molecule has 16 heavy (non-hydrogen) atoms. The summed E-state index contributed by atoms with van der Waals surface area (Å²) in [6.07, 6.45) is 6.94. The maximum Gasteiger partial charge on any atom is 0.0483 e. The predicted octanol–water partition coefficient (Wildman–Crippen LogP) is 1.70. The highest BCUT2D eigenvalue weighted by atomic mass is 16.5. The molecule has 3 heteroatoms. The third-order valence-corrected chi connectivity index (χ3v) is 4.25. The number of ether oxygens (including phenoxy) is 1. The average Bonchev–Trinajstić information content (AvgIpc) is 2.65. The molecule has 0 aromatic rings. The highest BCUT2D eigenvalue weighted by Crippen LogP contribution is 2.31. The molecular formula is C13H25NO2. The van der Waals surface area contributed by atoms with Gasteiger partial charge in [-0.2, -0.15) is 0 Å². The van der Waals surface area contributed by atoms with Gasteiger partial charge in [0.1, 0.15) is 0 Å². The Morgan fingerprint density at radius 1 is 1.31 bits per heavy atom. The van der Waals surface area contributed by atoms with Crippen LogP contribution in [-0.2, 0) is 4.74 Å². The second kappa shape index (κ2) is 5.48. The fourth-order valence-corrected chi connectivity index (χ4v) is 3.21. The highest BCUT2D eigenvalue weighted by molar-refractivity contribution is 4.94.